The van der Waals surface area contributed by atoms with Crippen molar-refractivity contribution >= 4 is 0 Å². The molecule has 1 atom stereocenters. The molecule has 64 valence electrons. The molecule has 0 fully saturated rings. The quantitative estimate of drug-likeness (QED) is 0.671. The molecule has 0 aliphatic heterocycles. The molecule has 1 aromatic carbocycles. The van der Waals surface area contributed by atoms with Crippen molar-refractivity contribution in [3.8, 4) is 0 Å². The molecule has 1 nitrogen and oxygen atoms in total. The lowest BCUT2D eigenvalue weighted by atomic mass is 10.0. The average Bonchev–Trinajstić information content (AvgIpc) is 2.47. The first-order valence-corrected chi connectivity index (χ1v) is 4.63. The third kappa shape index (κ3) is 1.14. The maximum atomic E-state index is 5.58. The molecule has 1 aliphatic carbocycles. The van der Waals surface area contributed by atoms with E-state index in [9.17, 15) is 0 Å². The van der Waals surface area contributed by atoms with E-state index < -0.39 is 0 Å². The van der Waals surface area contributed by atoms with Gasteiger partial charge in [-0.2, -0.15) is 0 Å². The Morgan fingerprint density at radius 1 is 1.50 bits per heavy atom. The van der Waals surface area contributed by atoms with Crippen LogP contribution in [0.2, 0.25) is 0 Å². The molecule has 12 heavy (non-hydrogen) atoms. The van der Waals surface area contributed by atoms with Gasteiger partial charge in [0.1, 0.15) is 0 Å². The molecule has 0 bridgehead atoms. The number of rotatable bonds is 1. The summed E-state index contributed by atoms with van der Waals surface area (Å²) >= 11 is 0. The molecule has 0 heterocycles. The van der Waals surface area contributed by atoms with Crippen LogP contribution >= 0.6 is 0 Å². The van der Waals surface area contributed by atoms with E-state index >= 15 is 0 Å². The van der Waals surface area contributed by atoms with E-state index in [0.717, 1.165) is 5.92 Å². The van der Waals surface area contributed by atoms with Gasteiger partial charge >= 0.3 is 0 Å². The number of hydrogen-bond donors (Lipinski definition) is 1. The van der Waals surface area contributed by atoms with Gasteiger partial charge in [0.05, 0.1) is 0 Å². The van der Waals surface area contributed by atoms with Gasteiger partial charge in [-0.25, -0.2) is 0 Å². The number of fused-ring (bicyclic) bond motifs is 1. The number of nitrogens with two attached hydrogens (primary N) is 1. The zero-order valence-corrected chi connectivity index (χ0v) is 7.51. The van der Waals surface area contributed by atoms with Gasteiger partial charge in [-0.05, 0) is 35.4 Å². The Morgan fingerprint density at radius 3 is 3.08 bits per heavy atom. The molecule has 1 aromatic rings. The predicted octanol–water partition coefficient (Wildman–Crippen LogP) is 2.20. The van der Waals surface area contributed by atoms with Gasteiger partial charge in [-0.3, -0.25) is 0 Å². The van der Waals surface area contributed by atoms with Crippen LogP contribution in [-0.2, 0) is 13.0 Å². The van der Waals surface area contributed by atoms with Crippen LogP contribution in [0.3, 0.4) is 0 Å². The summed E-state index contributed by atoms with van der Waals surface area (Å²) < 4.78 is 0. The topological polar surface area (TPSA) is 26.0 Å². The summed E-state index contributed by atoms with van der Waals surface area (Å²) in [7, 11) is 0. The monoisotopic (exact) mass is 161 g/mol. The van der Waals surface area contributed by atoms with Gasteiger partial charge in [0.25, 0.3) is 0 Å². The summed E-state index contributed by atoms with van der Waals surface area (Å²) in [5.41, 5.74) is 9.90. The lowest BCUT2D eigenvalue weighted by Gasteiger charge is -2.05. The Morgan fingerprint density at radius 2 is 2.33 bits per heavy atom. The predicted molar refractivity (Wildman–Crippen MR) is 51.1 cm³/mol. The first kappa shape index (κ1) is 7.81. The van der Waals surface area contributed by atoms with E-state index in [0.29, 0.717) is 6.54 Å². The minimum atomic E-state index is 0.668. The first-order valence-electron chi connectivity index (χ1n) is 4.63. The van der Waals surface area contributed by atoms with Crippen LogP contribution in [-0.4, -0.2) is 0 Å². The van der Waals surface area contributed by atoms with E-state index in [2.05, 4.69) is 25.1 Å². The normalized spacial score (nSPS) is 21.0. The fourth-order valence-electron chi connectivity index (χ4n) is 2.01. The highest BCUT2D eigenvalue weighted by Gasteiger charge is 2.17. The molecule has 1 heteroatoms. The second-order valence-electron chi connectivity index (χ2n) is 3.68. The highest BCUT2D eigenvalue weighted by Crippen LogP contribution is 2.32. The minimum absolute atomic E-state index is 0.668. The minimum Gasteiger partial charge on any atom is -0.326 e. The number of hydrogen-bond acceptors (Lipinski definition) is 1. The Labute approximate surface area is 73.6 Å². The average molecular weight is 161 g/mol. The third-order valence-electron chi connectivity index (χ3n) is 2.82. The van der Waals surface area contributed by atoms with Crippen molar-refractivity contribution in [1.82, 2.24) is 0 Å². The van der Waals surface area contributed by atoms with Gasteiger partial charge in [0.15, 0.2) is 0 Å². The van der Waals surface area contributed by atoms with Crippen LogP contribution < -0.4 is 5.73 Å². The van der Waals surface area contributed by atoms with Crippen LogP contribution in [0.5, 0.6) is 0 Å². The fourth-order valence-corrected chi connectivity index (χ4v) is 2.01. The summed E-state index contributed by atoms with van der Waals surface area (Å²) in [6, 6.07) is 6.66. The Bertz CT molecular complexity index is 291. The third-order valence-corrected chi connectivity index (χ3v) is 2.82. The molecular formula is C11H15N. The van der Waals surface area contributed by atoms with Crippen LogP contribution in [0.15, 0.2) is 18.2 Å². The Kier molecular flexibility index (Phi) is 1.89. The molecule has 2 N–H and O–H groups in total. The van der Waals surface area contributed by atoms with Crippen molar-refractivity contribution in [3.05, 3.63) is 34.9 Å². The highest BCUT2D eigenvalue weighted by atomic mass is 14.5. The molecule has 0 radical (unpaired) electrons. The van der Waals surface area contributed by atoms with Gasteiger partial charge in [0.2, 0.25) is 0 Å². The summed E-state index contributed by atoms with van der Waals surface area (Å²) in [5.74, 6) is 0.756. The number of benzene rings is 1. The smallest absolute Gasteiger partial charge is 0.0178 e. The molecule has 1 aliphatic rings. The Balaban J connectivity index is 2.41. The van der Waals surface area contributed by atoms with Crippen molar-refractivity contribution in [3.63, 3.8) is 0 Å². The van der Waals surface area contributed by atoms with Crippen LogP contribution in [0.1, 0.15) is 36.0 Å². The number of aryl methyl sites for hydroxylation is 1. The summed E-state index contributed by atoms with van der Waals surface area (Å²) in [6.07, 6.45) is 2.55. The van der Waals surface area contributed by atoms with E-state index in [1.54, 1.807) is 0 Å². The second-order valence-corrected chi connectivity index (χ2v) is 3.68. The molecule has 0 spiro atoms. The van der Waals surface area contributed by atoms with Gasteiger partial charge < -0.3 is 5.73 Å². The largest absolute Gasteiger partial charge is 0.326 e. The Hall–Kier alpha value is -0.820. The van der Waals surface area contributed by atoms with E-state index in [1.807, 2.05) is 0 Å². The van der Waals surface area contributed by atoms with Gasteiger partial charge in [-0.1, -0.05) is 25.1 Å². The summed E-state index contributed by atoms with van der Waals surface area (Å²) in [6.45, 7) is 2.97. The van der Waals surface area contributed by atoms with E-state index in [4.69, 9.17) is 5.73 Å². The van der Waals surface area contributed by atoms with E-state index in [1.165, 1.54) is 29.5 Å². The van der Waals surface area contributed by atoms with Crippen molar-refractivity contribution in [1.29, 1.82) is 0 Å². The zero-order chi connectivity index (χ0) is 8.55. The second kappa shape index (κ2) is 2.91. The molecular weight excluding hydrogens is 146 g/mol. The van der Waals surface area contributed by atoms with Crippen LogP contribution in [0, 0.1) is 0 Å². The zero-order valence-electron chi connectivity index (χ0n) is 7.51. The van der Waals surface area contributed by atoms with Crippen LogP contribution in [0.4, 0.5) is 0 Å². The highest BCUT2D eigenvalue weighted by molar-refractivity contribution is 5.37. The van der Waals surface area contributed by atoms with Crippen molar-refractivity contribution in [2.45, 2.75) is 32.2 Å². The molecule has 1 unspecified atom stereocenters. The fraction of sp³-hybridized carbons (Fsp3) is 0.455. The maximum Gasteiger partial charge on any atom is 0.0178 e. The maximum absolute atomic E-state index is 5.58. The standard InChI is InChI=1S/C11H15N/c1-8-2-4-10-6-9(7-12)3-5-11(8)10/h3,5-6,8H,2,4,7,12H2,1H3. The molecule has 2 rings (SSSR count). The first-order chi connectivity index (χ1) is 5.81. The molecule has 0 saturated heterocycles. The lowest BCUT2D eigenvalue weighted by molar-refractivity contribution is 0.747. The molecule has 0 aromatic heterocycles. The molecule has 0 saturated carbocycles. The van der Waals surface area contributed by atoms with Crippen molar-refractivity contribution < 1.29 is 0 Å². The van der Waals surface area contributed by atoms with Crippen molar-refractivity contribution in [2.24, 2.45) is 5.73 Å². The SMILES string of the molecule is CC1CCc2cc(CN)ccc21. The van der Waals surface area contributed by atoms with Gasteiger partial charge in [0, 0.05) is 6.54 Å². The van der Waals surface area contributed by atoms with E-state index in [-0.39, 0.29) is 0 Å². The summed E-state index contributed by atoms with van der Waals surface area (Å²) in [4.78, 5) is 0. The molecule has 0 amide bonds. The summed E-state index contributed by atoms with van der Waals surface area (Å²) in [5, 5.41) is 0. The lowest BCUT2D eigenvalue weighted by Crippen LogP contribution is -1.97. The van der Waals surface area contributed by atoms with Gasteiger partial charge in [-0.15, -0.1) is 0 Å². The van der Waals surface area contributed by atoms with Crippen LogP contribution in [0.25, 0.3) is 0 Å². The van der Waals surface area contributed by atoms with Crippen molar-refractivity contribution in [2.75, 3.05) is 0 Å².